The Morgan fingerprint density at radius 2 is 1.89 bits per heavy atom. The summed E-state index contributed by atoms with van der Waals surface area (Å²) < 4.78 is 0. The fourth-order valence-electron chi connectivity index (χ4n) is 0.509. The highest BCUT2D eigenvalue weighted by atomic mass is 31.2. The zero-order valence-corrected chi connectivity index (χ0v) is 6.35. The predicted octanol–water partition coefficient (Wildman–Crippen LogP) is -0.0105. The zero-order chi connectivity index (χ0) is 7.33. The van der Waals surface area contributed by atoms with Crippen molar-refractivity contribution >= 4 is 13.6 Å². The third-order valence-electron chi connectivity index (χ3n) is 0.970. The van der Waals surface area contributed by atoms with Gasteiger partial charge in [-0.15, -0.1) is 0 Å². The lowest BCUT2D eigenvalue weighted by molar-refractivity contribution is 0.473. The minimum Gasteiger partial charge on any atom is -0.353 e. The highest BCUT2D eigenvalue weighted by molar-refractivity contribution is 7.62. The number of hydrogen-bond donors (Lipinski definition) is 3. The molecule has 0 saturated heterocycles. The van der Waals surface area contributed by atoms with Gasteiger partial charge in [0.05, 0.1) is 0 Å². The molecule has 0 atom stereocenters. The van der Waals surface area contributed by atoms with Crippen molar-refractivity contribution in [3.05, 3.63) is 0 Å². The Morgan fingerprint density at radius 3 is 2.22 bits per heavy atom. The van der Waals surface area contributed by atoms with E-state index in [0.29, 0.717) is 12.7 Å². The molecular weight excluding hydrogens is 137 g/mol. The summed E-state index contributed by atoms with van der Waals surface area (Å²) in [5.74, 6) is 0. The topological polar surface area (TPSA) is 66.5 Å². The van der Waals surface area contributed by atoms with Crippen LogP contribution in [-0.4, -0.2) is 28.8 Å². The van der Waals surface area contributed by atoms with Crippen LogP contribution in [-0.2, 0) is 0 Å². The molecule has 0 aromatic rings. The zero-order valence-electron chi connectivity index (χ0n) is 5.45. The fourth-order valence-corrected chi connectivity index (χ4v) is 1.24. The van der Waals surface area contributed by atoms with Gasteiger partial charge in [-0.2, -0.15) is 0 Å². The maximum absolute atomic E-state index is 8.76. The van der Waals surface area contributed by atoms with Crippen LogP contribution >= 0.6 is 7.34 Å². The van der Waals surface area contributed by atoms with Crippen molar-refractivity contribution in [2.24, 2.45) is 5.73 Å². The van der Waals surface area contributed by atoms with Crippen LogP contribution in [0, 0.1) is 0 Å². The third kappa shape index (κ3) is 8.18. The van der Waals surface area contributed by atoms with Crippen molar-refractivity contribution in [2.45, 2.75) is 12.8 Å². The van der Waals surface area contributed by atoms with Crippen molar-refractivity contribution in [3.63, 3.8) is 0 Å². The molecule has 0 rings (SSSR count). The van der Waals surface area contributed by atoms with Crippen LogP contribution in [0.25, 0.3) is 0 Å². The van der Waals surface area contributed by atoms with E-state index in [1.165, 1.54) is 0 Å². The van der Waals surface area contributed by atoms with Crippen molar-refractivity contribution < 1.29 is 9.79 Å². The lowest BCUT2D eigenvalue weighted by atomic mass is 10.3. The molecular formula is C5H14NO2P. The van der Waals surface area contributed by atoms with E-state index in [4.69, 9.17) is 15.5 Å². The van der Waals surface area contributed by atoms with E-state index in [1.807, 2.05) is 0 Å². The van der Waals surface area contributed by atoms with Gasteiger partial charge >= 0.3 is 0 Å². The largest absolute Gasteiger partial charge is 0.353 e. The second kappa shape index (κ2) is 4.07. The molecule has 0 radical (unpaired) electrons. The molecule has 0 aliphatic heterocycles. The summed E-state index contributed by atoms with van der Waals surface area (Å²) in [5, 5.41) is 0. The van der Waals surface area contributed by atoms with Crippen LogP contribution in [0.3, 0.4) is 0 Å². The molecule has 4 heteroatoms. The van der Waals surface area contributed by atoms with Gasteiger partial charge in [0.15, 0.2) is 0 Å². The number of rotatable bonds is 4. The first-order valence-electron chi connectivity index (χ1n) is 2.94. The van der Waals surface area contributed by atoms with Crippen LogP contribution in [0.15, 0.2) is 0 Å². The van der Waals surface area contributed by atoms with Crippen LogP contribution in [0.5, 0.6) is 0 Å². The summed E-state index contributed by atoms with van der Waals surface area (Å²) in [6, 6.07) is 0. The van der Waals surface area contributed by atoms with Crippen molar-refractivity contribution in [2.75, 3.05) is 12.7 Å². The van der Waals surface area contributed by atoms with Gasteiger partial charge in [0.25, 0.3) is 0 Å². The average molecular weight is 151 g/mol. The van der Waals surface area contributed by atoms with Crippen molar-refractivity contribution in [3.8, 4) is 0 Å². The van der Waals surface area contributed by atoms with Gasteiger partial charge in [-0.25, -0.2) is 0 Å². The molecule has 0 unspecified atom stereocenters. The molecule has 0 saturated carbocycles. The van der Waals surface area contributed by atoms with Crippen molar-refractivity contribution in [1.82, 2.24) is 0 Å². The molecule has 3 nitrogen and oxygen atoms in total. The predicted molar refractivity (Wildman–Crippen MR) is 41.6 cm³/mol. The van der Waals surface area contributed by atoms with Gasteiger partial charge in [-0.3, -0.25) is 0 Å². The molecule has 4 N–H and O–H groups in total. The Hall–Kier alpha value is 0.180. The summed E-state index contributed by atoms with van der Waals surface area (Å²) in [6.45, 7) is 0.611. The Labute approximate surface area is 55.6 Å². The highest BCUT2D eigenvalue weighted by Gasteiger charge is 2.01. The van der Waals surface area contributed by atoms with Crippen LogP contribution in [0.4, 0.5) is 0 Å². The molecule has 0 bridgehead atoms. The molecule has 9 heavy (non-hydrogen) atoms. The molecule has 0 aromatic heterocycles. The molecule has 0 heterocycles. The average Bonchev–Trinajstić information content (AvgIpc) is 1.63. The van der Waals surface area contributed by atoms with Gasteiger partial charge < -0.3 is 15.5 Å². The molecule has 0 fully saturated rings. The SMILES string of the molecule is C=P(O)(O)CCCCN. The summed E-state index contributed by atoms with van der Waals surface area (Å²) in [6.07, 6.45) is 5.24. The van der Waals surface area contributed by atoms with E-state index < -0.39 is 7.34 Å². The minimum atomic E-state index is -2.75. The summed E-state index contributed by atoms with van der Waals surface area (Å²) in [4.78, 5) is 17.5. The molecule has 0 aromatic carbocycles. The van der Waals surface area contributed by atoms with Crippen molar-refractivity contribution in [1.29, 1.82) is 0 Å². The Kier molecular flexibility index (Phi) is 4.15. The Morgan fingerprint density at radius 1 is 1.33 bits per heavy atom. The van der Waals surface area contributed by atoms with Gasteiger partial charge in [0.2, 0.25) is 0 Å². The summed E-state index contributed by atoms with van der Waals surface area (Å²) in [7, 11) is -2.75. The first-order chi connectivity index (χ1) is 4.06. The number of hydrogen-bond acceptors (Lipinski definition) is 3. The molecule has 0 aliphatic carbocycles. The van der Waals surface area contributed by atoms with Gasteiger partial charge in [-0.1, -0.05) is 6.30 Å². The van der Waals surface area contributed by atoms with E-state index in [9.17, 15) is 0 Å². The normalized spacial score (nSPS) is 11.9. The maximum atomic E-state index is 8.76. The Balaban J connectivity index is 3.18. The standard InChI is InChI=1S/C5H14NO2P/c1-9(7,8)5-3-2-4-6/h7-8H,1-6H2. The highest BCUT2D eigenvalue weighted by Crippen LogP contribution is 2.34. The monoisotopic (exact) mass is 151 g/mol. The first kappa shape index (κ1) is 9.18. The van der Waals surface area contributed by atoms with E-state index in [-0.39, 0.29) is 0 Å². The van der Waals surface area contributed by atoms with E-state index in [0.717, 1.165) is 12.8 Å². The molecule has 0 aliphatic rings. The Bertz CT molecular complexity index is 110. The molecule has 0 amide bonds. The summed E-state index contributed by atoms with van der Waals surface area (Å²) >= 11 is 0. The number of unbranched alkanes of at least 4 members (excludes halogenated alkanes) is 1. The van der Waals surface area contributed by atoms with Gasteiger partial charge in [-0.05, 0) is 19.4 Å². The third-order valence-corrected chi connectivity index (χ3v) is 2.00. The first-order valence-corrected chi connectivity index (χ1v) is 5.01. The minimum absolute atomic E-state index is 0.407. The second-order valence-corrected chi connectivity index (χ2v) is 4.30. The summed E-state index contributed by atoms with van der Waals surface area (Å²) in [5.41, 5.74) is 5.19. The lowest BCUT2D eigenvalue weighted by Crippen LogP contribution is -1.99. The lowest BCUT2D eigenvalue weighted by Gasteiger charge is -2.07. The molecule has 0 spiro atoms. The van der Waals surface area contributed by atoms with E-state index in [2.05, 4.69) is 6.30 Å². The quantitative estimate of drug-likeness (QED) is 0.391. The van der Waals surface area contributed by atoms with Gasteiger partial charge in [0, 0.05) is 6.16 Å². The maximum Gasteiger partial charge on any atom is 0.111 e. The second-order valence-electron chi connectivity index (χ2n) is 2.10. The number of nitrogens with two attached hydrogens (primary N) is 1. The van der Waals surface area contributed by atoms with Crippen LogP contribution < -0.4 is 5.73 Å². The van der Waals surface area contributed by atoms with E-state index in [1.54, 1.807) is 0 Å². The van der Waals surface area contributed by atoms with Crippen LogP contribution in [0.1, 0.15) is 12.8 Å². The smallest absolute Gasteiger partial charge is 0.111 e. The fraction of sp³-hybridized carbons (Fsp3) is 0.800. The van der Waals surface area contributed by atoms with Gasteiger partial charge in [0.1, 0.15) is 7.34 Å². The van der Waals surface area contributed by atoms with E-state index >= 15 is 0 Å². The van der Waals surface area contributed by atoms with Crippen LogP contribution in [0.2, 0.25) is 0 Å². The molecule has 56 valence electrons.